The lowest BCUT2D eigenvalue weighted by molar-refractivity contribution is 0.416. The number of methoxy groups -OCH3 is 1. The van der Waals surface area contributed by atoms with Crippen LogP contribution in [0.1, 0.15) is 35.2 Å². The standard InChI is InChI=1S/C24H24ClN5O/c1-14-8-10-16(11-9-14)22-28-24-27-19-7-5-4-6-17(19)23(30(24)29-22)26-20-12-15(2)18(25)13-21(20)31-3/h8-13,26H,4-7H2,1-3H3. The lowest BCUT2D eigenvalue weighted by atomic mass is 9.96. The molecular formula is C24H24ClN5O. The number of hydrogen-bond acceptors (Lipinski definition) is 5. The molecule has 0 saturated carbocycles. The minimum atomic E-state index is 0.600. The second kappa shape index (κ2) is 7.85. The van der Waals surface area contributed by atoms with E-state index in [9.17, 15) is 0 Å². The number of fused-ring (bicyclic) bond motifs is 2. The molecule has 1 aliphatic rings. The first-order chi connectivity index (χ1) is 15.0. The second-order valence-electron chi connectivity index (χ2n) is 8.03. The molecule has 6 nitrogen and oxygen atoms in total. The summed E-state index contributed by atoms with van der Waals surface area (Å²) in [6.07, 6.45) is 4.17. The Bertz CT molecular complexity index is 1280. The molecular weight excluding hydrogens is 410 g/mol. The largest absolute Gasteiger partial charge is 0.495 e. The first kappa shape index (κ1) is 19.8. The average Bonchev–Trinajstić information content (AvgIpc) is 3.20. The summed E-state index contributed by atoms with van der Waals surface area (Å²) in [6.45, 7) is 4.05. The van der Waals surface area contributed by atoms with Crippen molar-refractivity contribution in [2.24, 2.45) is 0 Å². The molecule has 0 radical (unpaired) electrons. The monoisotopic (exact) mass is 433 g/mol. The summed E-state index contributed by atoms with van der Waals surface area (Å²) in [7, 11) is 1.65. The highest BCUT2D eigenvalue weighted by molar-refractivity contribution is 6.31. The van der Waals surface area contributed by atoms with Crippen LogP contribution in [0.2, 0.25) is 5.02 Å². The molecule has 0 unspecified atom stereocenters. The van der Waals surface area contributed by atoms with Crippen LogP contribution in [-0.4, -0.2) is 26.7 Å². The van der Waals surface area contributed by atoms with Gasteiger partial charge >= 0.3 is 0 Å². The van der Waals surface area contributed by atoms with Gasteiger partial charge in [0.25, 0.3) is 5.78 Å². The molecule has 158 valence electrons. The van der Waals surface area contributed by atoms with Crippen molar-refractivity contribution in [1.82, 2.24) is 19.6 Å². The number of aromatic nitrogens is 4. The van der Waals surface area contributed by atoms with Gasteiger partial charge in [0.05, 0.1) is 18.5 Å². The van der Waals surface area contributed by atoms with Gasteiger partial charge in [0.2, 0.25) is 0 Å². The van der Waals surface area contributed by atoms with Gasteiger partial charge in [0.15, 0.2) is 5.82 Å². The normalized spacial score (nSPS) is 13.3. The third kappa shape index (κ3) is 3.61. The van der Waals surface area contributed by atoms with E-state index >= 15 is 0 Å². The average molecular weight is 434 g/mol. The summed E-state index contributed by atoms with van der Waals surface area (Å²) < 4.78 is 7.41. The van der Waals surface area contributed by atoms with Crippen molar-refractivity contribution < 1.29 is 4.74 Å². The fraction of sp³-hybridized carbons (Fsp3) is 0.292. The lowest BCUT2D eigenvalue weighted by Crippen LogP contribution is -2.14. The molecule has 7 heteroatoms. The molecule has 1 N–H and O–H groups in total. The van der Waals surface area contributed by atoms with Crippen molar-refractivity contribution in [1.29, 1.82) is 0 Å². The molecule has 0 amide bonds. The number of benzene rings is 2. The highest BCUT2D eigenvalue weighted by atomic mass is 35.5. The third-order valence-electron chi connectivity index (χ3n) is 5.80. The molecule has 2 heterocycles. The van der Waals surface area contributed by atoms with E-state index in [2.05, 4.69) is 24.4 Å². The molecule has 2 aromatic heterocycles. The van der Waals surface area contributed by atoms with Gasteiger partial charge in [0, 0.05) is 22.2 Å². The molecule has 0 bridgehead atoms. The maximum absolute atomic E-state index is 6.31. The molecule has 4 aromatic rings. The molecule has 2 aromatic carbocycles. The topological polar surface area (TPSA) is 64.3 Å². The van der Waals surface area contributed by atoms with Crippen LogP contribution in [0.3, 0.4) is 0 Å². The number of aryl methyl sites for hydroxylation is 3. The van der Waals surface area contributed by atoms with Crippen LogP contribution in [0.25, 0.3) is 17.2 Å². The van der Waals surface area contributed by atoms with Crippen LogP contribution in [0.5, 0.6) is 5.75 Å². The molecule has 31 heavy (non-hydrogen) atoms. The number of hydrogen-bond donors (Lipinski definition) is 1. The number of ether oxygens (including phenoxy) is 1. The van der Waals surface area contributed by atoms with E-state index in [-0.39, 0.29) is 0 Å². The summed E-state index contributed by atoms with van der Waals surface area (Å²) in [5.41, 5.74) is 6.27. The SMILES string of the molecule is COc1cc(Cl)c(C)cc1Nc1c2c(nc3nc(-c4ccc(C)cc4)nn13)CCCC2. The summed E-state index contributed by atoms with van der Waals surface area (Å²) in [5, 5.41) is 9.07. The van der Waals surface area contributed by atoms with Crippen molar-refractivity contribution in [3.8, 4) is 17.1 Å². The zero-order chi connectivity index (χ0) is 21.5. The van der Waals surface area contributed by atoms with E-state index in [1.807, 2.05) is 35.7 Å². The van der Waals surface area contributed by atoms with E-state index in [1.165, 1.54) is 11.1 Å². The second-order valence-corrected chi connectivity index (χ2v) is 8.44. The quantitative estimate of drug-likeness (QED) is 0.447. The van der Waals surface area contributed by atoms with Gasteiger partial charge in [-0.1, -0.05) is 41.4 Å². The van der Waals surface area contributed by atoms with E-state index < -0.39 is 0 Å². The van der Waals surface area contributed by atoms with Crippen molar-refractivity contribution in [3.63, 3.8) is 0 Å². The predicted octanol–water partition coefficient (Wildman–Crippen LogP) is 5.69. The van der Waals surface area contributed by atoms with Crippen LogP contribution in [0.4, 0.5) is 11.5 Å². The van der Waals surface area contributed by atoms with Gasteiger partial charge in [-0.25, -0.2) is 4.98 Å². The third-order valence-corrected chi connectivity index (χ3v) is 6.21. The van der Waals surface area contributed by atoms with Gasteiger partial charge in [-0.3, -0.25) is 0 Å². The molecule has 1 aliphatic carbocycles. The van der Waals surface area contributed by atoms with Crippen LogP contribution < -0.4 is 10.1 Å². The summed E-state index contributed by atoms with van der Waals surface area (Å²) >= 11 is 6.31. The Hall–Kier alpha value is -3.12. The van der Waals surface area contributed by atoms with E-state index in [0.29, 0.717) is 22.4 Å². The minimum Gasteiger partial charge on any atom is -0.495 e. The van der Waals surface area contributed by atoms with Crippen LogP contribution in [0, 0.1) is 13.8 Å². The molecule has 0 saturated heterocycles. The van der Waals surface area contributed by atoms with Gasteiger partial charge in [-0.2, -0.15) is 9.50 Å². The maximum Gasteiger partial charge on any atom is 0.254 e. The van der Waals surface area contributed by atoms with Gasteiger partial charge in [-0.05, 0) is 51.2 Å². The molecule has 0 fully saturated rings. The highest BCUT2D eigenvalue weighted by Gasteiger charge is 2.22. The summed E-state index contributed by atoms with van der Waals surface area (Å²) in [5.74, 6) is 2.84. The zero-order valence-electron chi connectivity index (χ0n) is 17.9. The molecule has 0 spiro atoms. The minimum absolute atomic E-state index is 0.600. The Balaban J connectivity index is 1.69. The van der Waals surface area contributed by atoms with Crippen LogP contribution in [0.15, 0.2) is 36.4 Å². The number of nitrogens with zero attached hydrogens (tertiary/aromatic N) is 4. The van der Waals surface area contributed by atoms with Crippen molar-refractivity contribution in [2.75, 3.05) is 12.4 Å². The van der Waals surface area contributed by atoms with Crippen LogP contribution in [-0.2, 0) is 12.8 Å². The van der Waals surface area contributed by atoms with E-state index in [1.54, 1.807) is 7.11 Å². The highest BCUT2D eigenvalue weighted by Crippen LogP contribution is 2.36. The predicted molar refractivity (Wildman–Crippen MR) is 124 cm³/mol. The molecule has 5 rings (SSSR count). The lowest BCUT2D eigenvalue weighted by Gasteiger charge is -2.21. The van der Waals surface area contributed by atoms with Crippen molar-refractivity contribution >= 4 is 28.9 Å². The van der Waals surface area contributed by atoms with Gasteiger partial charge < -0.3 is 10.1 Å². The number of halogens is 1. The van der Waals surface area contributed by atoms with Crippen LogP contribution >= 0.6 is 11.6 Å². The smallest absolute Gasteiger partial charge is 0.254 e. The number of anilines is 2. The number of nitrogens with one attached hydrogen (secondary N) is 1. The summed E-state index contributed by atoms with van der Waals surface area (Å²) in [6, 6.07) is 12.1. The van der Waals surface area contributed by atoms with Crippen molar-refractivity contribution in [3.05, 3.63) is 63.8 Å². The summed E-state index contributed by atoms with van der Waals surface area (Å²) in [4.78, 5) is 9.60. The van der Waals surface area contributed by atoms with Crippen molar-refractivity contribution in [2.45, 2.75) is 39.5 Å². The number of rotatable bonds is 4. The Labute approximate surface area is 186 Å². The van der Waals surface area contributed by atoms with E-state index in [0.717, 1.165) is 54.0 Å². The molecule has 0 atom stereocenters. The molecule has 0 aliphatic heterocycles. The van der Waals surface area contributed by atoms with Gasteiger partial charge in [0.1, 0.15) is 11.6 Å². The maximum atomic E-state index is 6.31. The first-order valence-corrected chi connectivity index (χ1v) is 10.9. The van der Waals surface area contributed by atoms with Gasteiger partial charge in [-0.15, -0.1) is 5.10 Å². The zero-order valence-corrected chi connectivity index (χ0v) is 18.6. The van der Waals surface area contributed by atoms with E-state index in [4.69, 9.17) is 31.4 Å². The Morgan fingerprint density at radius 2 is 1.81 bits per heavy atom. The Kier molecular flexibility index (Phi) is 5.02. The Morgan fingerprint density at radius 1 is 1.03 bits per heavy atom. The fourth-order valence-electron chi connectivity index (χ4n) is 4.05. The fourth-order valence-corrected chi connectivity index (χ4v) is 4.21. The Morgan fingerprint density at radius 3 is 2.58 bits per heavy atom. The first-order valence-electron chi connectivity index (χ1n) is 10.5.